The predicted octanol–water partition coefficient (Wildman–Crippen LogP) is 2.75. The van der Waals surface area contributed by atoms with E-state index < -0.39 is 0 Å². The van der Waals surface area contributed by atoms with Gasteiger partial charge < -0.3 is 4.74 Å². The number of rotatable bonds is 6. The van der Waals surface area contributed by atoms with E-state index in [0.717, 1.165) is 37.3 Å². The number of hydrogen-bond donors (Lipinski definition) is 0. The number of Topliss-reactive ketones (excluding diaryl/α,β-unsaturated/α-hetero) is 1. The Balaban J connectivity index is 1.46. The minimum Gasteiger partial charge on any atom is -0.492 e. The van der Waals surface area contributed by atoms with Crippen LogP contribution in [-0.2, 0) is 0 Å². The van der Waals surface area contributed by atoms with Gasteiger partial charge in [0.15, 0.2) is 5.78 Å². The zero-order chi connectivity index (χ0) is 13.1. The third kappa shape index (κ3) is 3.35. The summed E-state index contributed by atoms with van der Waals surface area (Å²) in [5.74, 6) is 1.46. The van der Waals surface area contributed by atoms with E-state index in [1.54, 1.807) is 0 Å². The number of benzene rings is 1. The summed E-state index contributed by atoms with van der Waals surface area (Å²) in [5.41, 5.74) is 0.828. The van der Waals surface area contributed by atoms with Gasteiger partial charge >= 0.3 is 0 Å². The number of ketones is 1. The molecule has 19 heavy (non-hydrogen) atoms. The van der Waals surface area contributed by atoms with Crippen LogP contribution in [0.25, 0.3) is 0 Å². The quantitative estimate of drug-likeness (QED) is 0.736. The first kappa shape index (κ1) is 12.7. The van der Waals surface area contributed by atoms with E-state index in [4.69, 9.17) is 4.74 Å². The van der Waals surface area contributed by atoms with Gasteiger partial charge in [-0.1, -0.05) is 0 Å². The summed E-state index contributed by atoms with van der Waals surface area (Å²) in [6.45, 7) is 4.15. The van der Waals surface area contributed by atoms with Crippen LogP contribution in [0.4, 0.5) is 0 Å². The molecule has 1 saturated heterocycles. The molecule has 0 unspecified atom stereocenters. The maximum absolute atomic E-state index is 11.9. The van der Waals surface area contributed by atoms with Crippen molar-refractivity contribution in [1.29, 1.82) is 0 Å². The number of likely N-dealkylation sites (tertiary alicyclic amines) is 1. The second kappa shape index (κ2) is 5.74. The van der Waals surface area contributed by atoms with E-state index >= 15 is 0 Å². The molecule has 1 aliphatic heterocycles. The molecule has 0 spiro atoms. The molecule has 0 atom stereocenters. The Kier molecular flexibility index (Phi) is 3.83. The van der Waals surface area contributed by atoms with Crippen molar-refractivity contribution in [2.75, 3.05) is 26.2 Å². The molecule has 0 aromatic heterocycles. The van der Waals surface area contributed by atoms with E-state index in [1.807, 2.05) is 24.3 Å². The Hall–Kier alpha value is -1.35. The van der Waals surface area contributed by atoms with Gasteiger partial charge in [-0.2, -0.15) is 0 Å². The summed E-state index contributed by atoms with van der Waals surface area (Å²) >= 11 is 0. The fourth-order valence-corrected chi connectivity index (χ4v) is 2.60. The van der Waals surface area contributed by atoms with Crippen LogP contribution in [0.3, 0.4) is 0 Å². The van der Waals surface area contributed by atoms with Gasteiger partial charge in [-0.25, -0.2) is 0 Å². The number of ether oxygens (including phenoxy) is 1. The summed E-state index contributed by atoms with van der Waals surface area (Å²) in [4.78, 5) is 14.3. The first-order chi connectivity index (χ1) is 9.33. The minimum atomic E-state index is 0.293. The molecule has 0 bridgehead atoms. The van der Waals surface area contributed by atoms with Gasteiger partial charge in [-0.3, -0.25) is 9.69 Å². The van der Waals surface area contributed by atoms with Gasteiger partial charge in [0.1, 0.15) is 12.4 Å². The van der Waals surface area contributed by atoms with Crippen molar-refractivity contribution in [2.24, 2.45) is 5.92 Å². The lowest BCUT2D eigenvalue weighted by Gasteiger charge is -2.14. The molecule has 0 radical (unpaired) electrons. The van der Waals surface area contributed by atoms with E-state index in [2.05, 4.69) is 4.90 Å². The average molecular weight is 259 g/mol. The zero-order valence-corrected chi connectivity index (χ0v) is 11.3. The molecule has 1 aromatic carbocycles. The van der Waals surface area contributed by atoms with Crippen molar-refractivity contribution < 1.29 is 9.53 Å². The fourth-order valence-electron chi connectivity index (χ4n) is 2.60. The molecule has 1 aliphatic carbocycles. The number of hydrogen-bond acceptors (Lipinski definition) is 3. The second-order valence-corrected chi connectivity index (χ2v) is 5.56. The first-order valence-electron chi connectivity index (χ1n) is 7.32. The monoisotopic (exact) mass is 259 g/mol. The molecule has 3 rings (SSSR count). The van der Waals surface area contributed by atoms with E-state index in [1.165, 1.54) is 25.9 Å². The first-order valence-corrected chi connectivity index (χ1v) is 7.32. The Bertz CT molecular complexity index is 431. The van der Waals surface area contributed by atoms with Crippen LogP contribution < -0.4 is 4.74 Å². The van der Waals surface area contributed by atoms with Crippen molar-refractivity contribution in [1.82, 2.24) is 4.90 Å². The van der Waals surface area contributed by atoms with Crippen LogP contribution in [0.2, 0.25) is 0 Å². The third-order valence-corrected chi connectivity index (χ3v) is 3.96. The van der Waals surface area contributed by atoms with Crippen molar-refractivity contribution >= 4 is 5.78 Å². The Labute approximate surface area is 114 Å². The van der Waals surface area contributed by atoms with Crippen LogP contribution in [0.15, 0.2) is 24.3 Å². The smallest absolute Gasteiger partial charge is 0.165 e. The van der Waals surface area contributed by atoms with Gasteiger partial charge in [0.2, 0.25) is 0 Å². The van der Waals surface area contributed by atoms with Crippen LogP contribution in [-0.4, -0.2) is 36.9 Å². The van der Waals surface area contributed by atoms with Crippen molar-refractivity contribution in [3.8, 4) is 5.75 Å². The molecule has 0 N–H and O–H groups in total. The molecule has 1 aromatic rings. The minimum absolute atomic E-state index is 0.293. The highest BCUT2D eigenvalue weighted by atomic mass is 16.5. The molecule has 3 nitrogen and oxygen atoms in total. The van der Waals surface area contributed by atoms with Gasteiger partial charge in [0.05, 0.1) is 0 Å². The number of carbonyl (C=O) groups excluding carboxylic acids is 1. The Morgan fingerprint density at radius 2 is 1.84 bits per heavy atom. The topological polar surface area (TPSA) is 29.5 Å². The Morgan fingerprint density at radius 3 is 2.47 bits per heavy atom. The lowest BCUT2D eigenvalue weighted by molar-refractivity contribution is 0.0967. The largest absolute Gasteiger partial charge is 0.492 e. The fraction of sp³-hybridized carbons (Fsp3) is 0.562. The lowest BCUT2D eigenvalue weighted by Crippen LogP contribution is -2.25. The SMILES string of the molecule is O=C(c1ccc(OCCN2CCCC2)cc1)C1CC1. The average Bonchev–Trinajstić information content (AvgIpc) is 3.17. The molecule has 102 valence electrons. The third-order valence-electron chi connectivity index (χ3n) is 3.96. The highest BCUT2D eigenvalue weighted by molar-refractivity contribution is 5.99. The van der Waals surface area contributed by atoms with Gasteiger partial charge in [0, 0.05) is 18.0 Å². The second-order valence-electron chi connectivity index (χ2n) is 5.56. The standard InChI is InChI=1S/C16H21NO2/c18-16(13-3-4-13)14-5-7-15(8-6-14)19-12-11-17-9-1-2-10-17/h5-8,13H,1-4,9-12H2. The van der Waals surface area contributed by atoms with Crippen molar-refractivity contribution in [3.63, 3.8) is 0 Å². The van der Waals surface area contributed by atoms with Crippen molar-refractivity contribution in [2.45, 2.75) is 25.7 Å². The maximum atomic E-state index is 11.9. The van der Waals surface area contributed by atoms with Gasteiger partial charge in [-0.15, -0.1) is 0 Å². The highest BCUT2D eigenvalue weighted by Crippen LogP contribution is 2.32. The summed E-state index contributed by atoms with van der Waals surface area (Å²) in [6.07, 6.45) is 4.76. The van der Waals surface area contributed by atoms with E-state index in [0.29, 0.717) is 11.7 Å². The number of carbonyl (C=O) groups is 1. The van der Waals surface area contributed by atoms with Crippen LogP contribution in [0.1, 0.15) is 36.0 Å². The van der Waals surface area contributed by atoms with Gasteiger partial charge in [-0.05, 0) is 63.0 Å². The molecule has 1 heterocycles. The van der Waals surface area contributed by atoms with Crippen LogP contribution >= 0.6 is 0 Å². The molecule has 0 amide bonds. The maximum Gasteiger partial charge on any atom is 0.165 e. The summed E-state index contributed by atoms with van der Waals surface area (Å²) in [6, 6.07) is 7.62. The molecule has 3 heteroatoms. The van der Waals surface area contributed by atoms with E-state index in [9.17, 15) is 4.79 Å². The van der Waals surface area contributed by atoms with Crippen LogP contribution in [0.5, 0.6) is 5.75 Å². The van der Waals surface area contributed by atoms with Crippen molar-refractivity contribution in [3.05, 3.63) is 29.8 Å². The normalized spacial score (nSPS) is 19.6. The molecule has 2 fully saturated rings. The molecular weight excluding hydrogens is 238 g/mol. The molecule has 1 saturated carbocycles. The predicted molar refractivity (Wildman–Crippen MR) is 74.7 cm³/mol. The van der Waals surface area contributed by atoms with E-state index in [-0.39, 0.29) is 0 Å². The summed E-state index contributed by atoms with van der Waals surface area (Å²) < 4.78 is 5.73. The number of nitrogens with zero attached hydrogens (tertiary/aromatic N) is 1. The van der Waals surface area contributed by atoms with Crippen LogP contribution in [0, 0.1) is 5.92 Å². The lowest BCUT2D eigenvalue weighted by atomic mass is 10.1. The Morgan fingerprint density at radius 1 is 1.16 bits per heavy atom. The summed E-state index contributed by atoms with van der Waals surface area (Å²) in [7, 11) is 0. The molecule has 2 aliphatic rings. The zero-order valence-electron chi connectivity index (χ0n) is 11.3. The highest BCUT2D eigenvalue weighted by Gasteiger charge is 2.30. The molecular formula is C16H21NO2. The van der Waals surface area contributed by atoms with Gasteiger partial charge in [0.25, 0.3) is 0 Å². The summed E-state index contributed by atoms with van der Waals surface area (Å²) in [5, 5.41) is 0.